The van der Waals surface area contributed by atoms with Crippen molar-refractivity contribution in [3.05, 3.63) is 0 Å². The molecule has 47 heavy (non-hydrogen) atoms. The molecular formula is C37H64O10. The number of aliphatic hydroxyl groups excluding tert-OH is 3. The molecule has 0 aromatic carbocycles. The second-order valence-corrected chi connectivity index (χ2v) is 18.2. The predicted octanol–water partition coefficient (Wildman–Crippen LogP) is 4.31. The maximum atomic E-state index is 12.5. The molecule has 0 unspecified atom stereocenters. The first-order chi connectivity index (χ1) is 21.7. The highest BCUT2D eigenvalue weighted by atomic mass is 16.7. The van der Waals surface area contributed by atoms with Gasteiger partial charge in [0.05, 0.1) is 18.3 Å². The average Bonchev–Trinajstić information content (AvgIpc) is 3.16. The van der Waals surface area contributed by atoms with Crippen LogP contribution in [0, 0.1) is 45.3 Å². The molecule has 5 rings (SSSR count). The molecule has 15 atom stereocenters. The minimum atomic E-state index is -1.39. The van der Waals surface area contributed by atoms with Crippen molar-refractivity contribution >= 4 is 6.47 Å². The maximum absolute atomic E-state index is 12.5. The summed E-state index contributed by atoms with van der Waals surface area (Å²) >= 11 is 0. The van der Waals surface area contributed by atoms with Gasteiger partial charge in [0, 0.05) is 12.3 Å². The first kappa shape index (κ1) is 37.4. The molecule has 0 amide bonds. The Bertz CT molecular complexity index is 1120. The maximum Gasteiger partial charge on any atom is 0.293 e. The third-order valence-electron chi connectivity index (χ3n) is 14.4. The van der Waals surface area contributed by atoms with Gasteiger partial charge in [-0.1, -0.05) is 54.9 Å². The summed E-state index contributed by atoms with van der Waals surface area (Å²) in [6.45, 7) is 19.5. The van der Waals surface area contributed by atoms with E-state index >= 15 is 0 Å². The number of ether oxygens (including phenoxy) is 4. The smallest absolute Gasteiger partial charge is 0.293 e. The van der Waals surface area contributed by atoms with Crippen molar-refractivity contribution in [3.8, 4) is 0 Å². The van der Waals surface area contributed by atoms with Crippen molar-refractivity contribution in [1.29, 1.82) is 0 Å². The van der Waals surface area contributed by atoms with Gasteiger partial charge in [-0.25, -0.2) is 0 Å². The van der Waals surface area contributed by atoms with Crippen LogP contribution in [-0.4, -0.2) is 92.9 Å². The zero-order valence-corrected chi connectivity index (χ0v) is 30.3. The van der Waals surface area contributed by atoms with Gasteiger partial charge in [-0.05, 0) is 98.2 Å². The molecule has 0 radical (unpaired) electrons. The van der Waals surface area contributed by atoms with Gasteiger partial charge in [0.1, 0.15) is 24.4 Å². The molecule has 0 aromatic rings. The third kappa shape index (κ3) is 6.13. The van der Waals surface area contributed by atoms with E-state index in [4.69, 9.17) is 18.9 Å². The first-order valence-electron chi connectivity index (χ1n) is 18.2. The quantitative estimate of drug-likeness (QED) is 0.213. The van der Waals surface area contributed by atoms with Crippen LogP contribution in [0.2, 0.25) is 0 Å². The van der Waals surface area contributed by atoms with Crippen molar-refractivity contribution in [2.24, 2.45) is 45.3 Å². The topological polar surface area (TPSA) is 155 Å². The zero-order chi connectivity index (χ0) is 35.0. The highest BCUT2D eigenvalue weighted by molar-refractivity contribution is 5.38. The van der Waals surface area contributed by atoms with Crippen LogP contribution in [0.4, 0.5) is 0 Å². The Morgan fingerprint density at radius 1 is 1.02 bits per heavy atom. The Labute approximate surface area is 281 Å². The lowest BCUT2D eigenvalue weighted by molar-refractivity contribution is -0.316. The number of aliphatic hydroxyl groups is 5. The van der Waals surface area contributed by atoms with Gasteiger partial charge in [0.25, 0.3) is 6.47 Å². The molecule has 3 aliphatic carbocycles. The molecule has 5 N–H and O–H groups in total. The molecule has 2 aliphatic heterocycles. The molecule has 0 aromatic heterocycles. The van der Waals surface area contributed by atoms with Crippen LogP contribution in [-0.2, 0) is 23.7 Å². The lowest BCUT2D eigenvalue weighted by atomic mass is 9.41. The molecule has 2 heterocycles. The van der Waals surface area contributed by atoms with Gasteiger partial charge in [-0.2, -0.15) is 0 Å². The van der Waals surface area contributed by atoms with E-state index in [1.807, 2.05) is 0 Å². The number of hydrogen-bond donors (Lipinski definition) is 5. The summed E-state index contributed by atoms with van der Waals surface area (Å²) in [5, 5.41) is 54.2. The molecule has 10 heteroatoms. The standard InChI is InChI=1S/C37H64O10/c1-10-11-26(46-31-28(41)27(40)23(39)18-44-31)32(3,4)22-12-13-25-34(7,17-22)14-15-35(8)29-21(2)16-24(30(45-20-38)33(5,6)42)47-37(29,43)19-36(25,35)9/h20-31,39-43H,10-19H2,1-9H3/t21-,22-,23-,24-,25-,26+,27+,28-,29-,30+,31+,34-,35-,36+,37+/m1/s1. The Balaban J connectivity index is 1.37. The van der Waals surface area contributed by atoms with Crippen molar-refractivity contribution in [2.45, 2.75) is 174 Å². The van der Waals surface area contributed by atoms with E-state index in [1.165, 1.54) is 0 Å². The van der Waals surface area contributed by atoms with E-state index in [2.05, 4.69) is 48.5 Å². The normalized spacial score (nSPS) is 48.5. The SMILES string of the molecule is CCC[C@H](O[C@@H]1OC[C@@H](O)[C@H](O)[C@H]1O)C(C)(C)[C@@H]1CC[C@@H]2[C@](C)(CC[C@]3(C)[C@H]4[C@H](C)C[C@H]([C@H](OC=O)C(C)(C)O)O[C@@]4(O)C[C@@]23C)C1. The molecule has 5 aliphatic rings. The fourth-order valence-electron chi connectivity index (χ4n) is 11.9. The van der Waals surface area contributed by atoms with Crippen molar-refractivity contribution < 1.29 is 49.3 Å². The molecule has 3 saturated carbocycles. The van der Waals surface area contributed by atoms with Crippen LogP contribution in [0.5, 0.6) is 0 Å². The Morgan fingerprint density at radius 3 is 2.32 bits per heavy atom. The molecule has 5 fully saturated rings. The molecule has 2 saturated heterocycles. The zero-order valence-electron chi connectivity index (χ0n) is 30.3. The lowest BCUT2D eigenvalue weighted by Crippen LogP contribution is -2.60. The average molecular weight is 669 g/mol. The third-order valence-corrected chi connectivity index (χ3v) is 14.4. The minimum absolute atomic E-state index is 0.0368. The van der Waals surface area contributed by atoms with Crippen molar-refractivity contribution in [2.75, 3.05) is 6.61 Å². The van der Waals surface area contributed by atoms with Crippen molar-refractivity contribution in [1.82, 2.24) is 0 Å². The second-order valence-electron chi connectivity index (χ2n) is 18.2. The molecular weight excluding hydrogens is 604 g/mol. The van der Waals surface area contributed by atoms with Crippen LogP contribution in [0.15, 0.2) is 0 Å². The van der Waals surface area contributed by atoms with Gasteiger partial charge in [0.15, 0.2) is 18.2 Å². The summed E-state index contributed by atoms with van der Waals surface area (Å²) in [7, 11) is 0. The first-order valence-corrected chi connectivity index (χ1v) is 18.2. The number of fused-ring (bicyclic) bond motifs is 5. The summed E-state index contributed by atoms with van der Waals surface area (Å²) < 4.78 is 24.1. The van der Waals surface area contributed by atoms with E-state index < -0.39 is 48.2 Å². The second kappa shape index (κ2) is 12.7. The monoisotopic (exact) mass is 668 g/mol. The fraction of sp³-hybridized carbons (Fsp3) is 0.973. The highest BCUT2D eigenvalue weighted by Crippen LogP contribution is 2.76. The van der Waals surface area contributed by atoms with Gasteiger partial charge >= 0.3 is 0 Å². The Morgan fingerprint density at radius 2 is 1.70 bits per heavy atom. The van der Waals surface area contributed by atoms with Crippen LogP contribution < -0.4 is 0 Å². The van der Waals surface area contributed by atoms with Crippen LogP contribution in [0.25, 0.3) is 0 Å². The van der Waals surface area contributed by atoms with Gasteiger partial charge in [-0.15, -0.1) is 0 Å². The molecule has 272 valence electrons. The van der Waals surface area contributed by atoms with Crippen LogP contribution in [0.3, 0.4) is 0 Å². The fourth-order valence-corrected chi connectivity index (χ4v) is 11.9. The van der Waals surface area contributed by atoms with E-state index in [1.54, 1.807) is 13.8 Å². The number of hydrogen-bond acceptors (Lipinski definition) is 10. The van der Waals surface area contributed by atoms with E-state index in [0.29, 0.717) is 31.1 Å². The van der Waals surface area contributed by atoms with E-state index in [-0.39, 0.29) is 46.2 Å². The van der Waals surface area contributed by atoms with E-state index in [0.717, 1.165) is 44.9 Å². The molecule has 10 nitrogen and oxygen atoms in total. The largest absolute Gasteiger partial charge is 0.459 e. The summed E-state index contributed by atoms with van der Waals surface area (Å²) in [4.78, 5) is 11.4. The summed E-state index contributed by atoms with van der Waals surface area (Å²) in [5.41, 5.74) is -1.87. The van der Waals surface area contributed by atoms with Gasteiger partial charge in [-0.3, -0.25) is 4.79 Å². The lowest BCUT2D eigenvalue weighted by Gasteiger charge is -2.64. The summed E-state index contributed by atoms with van der Waals surface area (Å²) in [5.74, 6) is -0.640. The minimum Gasteiger partial charge on any atom is -0.459 e. The molecule has 0 bridgehead atoms. The predicted molar refractivity (Wildman–Crippen MR) is 175 cm³/mol. The molecule has 0 spiro atoms. The van der Waals surface area contributed by atoms with Crippen molar-refractivity contribution in [3.63, 3.8) is 0 Å². The number of rotatable bonds is 10. The summed E-state index contributed by atoms with van der Waals surface area (Å²) in [6.07, 6.45) is 1.39. The summed E-state index contributed by atoms with van der Waals surface area (Å²) in [6, 6.07) is 0. The Kier molecular flexibility index (Phi) is 10.1. The van der Waals surface area contributed by atoms with Crippen LogP contribution in [0.1, 0.15) is 120 Å². The number of carbonyl (C=O) groups is 1. The van der Waals surface area contributed by atoms with Gasteiger partial charge in [0.2, 0.25) is 0 Å². The Hall–Kier alpha value is -0.850. The van der Waals surface area contributed by atoms with E-state index in [9.17, 15) is 30.3 Å². The number of carbonyl (C=O) groups excluding carboxylic acids is 1. The van der Waals surface area contributed by atoms with Gasteiger partial charge < -0.3 is 44.5 Å². The highest BCUT2D eigenvalue weighted by Gasteiger charge is 2.74. The van der Waals surface area contributed by atoms with Crippen LogP contribution >= 0.6 is 0 Å².